The smallest absolute Gasteiger partial charge is 0.234 e. The summed E-state index contributed by atoms with van der Waals surface area (Å²) in [5.74, 6) is 2.32. The Kier molecular flexibility index (Phi) is 5.74. The average Bonchev–Trinajstić information content (AvgIpc) is 2.79. The molecule has 118 valence electrons. The Hall–Kier alpha value is -1.66. The van der Waals surface area contributed by atoms with Gasteiger partial charge in [-0.3, -0.25) is 4.79 Å². The van der Waals surface area contributed by atoms with E-state index in [-0.39, 0.29) is 5.91 Å². The molecular weight excluding hydrogens is 324 g/mol. The number of hydrogen-bond acceptors (Lipinski definition) is 5. The summed E-state index contributed by atoms with van der Waals surface area (Å²) in [6, 6.07) is 5.13. The van der Waals surface area contributed by atoms with E-state index in [2.05, 4.69) is 10.5 Å². The van der Waals surface area contributed by atoms with Crippen LogP contribution in [0.4, 0.5) is 5.69 Å². The molecule has 0 saturated carbocycles. The van der Waals surface area contributed by atoms with Crippen LogP contribution < -0.4 is 10.1 Å². The van der Waals surface area contributed by atoms with Gasteiger partial charge in [-0.2, -0.15) is 0 Å². The Labute approximate surface area is 138 Å². The second-order valence-electron chi connectivity index (χ2n) is 4.69. The minimum absolute atomic E-state index is 0.0852. The van der Waals surface area contributed by atoms with Crippen molar-refractivity contribution in [2.45, 2.75) is 19.6 Å². The second-order valence-corrected chi connectivity index (χ2v) is 6.09. The number of benzene rings is 1. The number of ether oxygens (including phenoxy) is 1. The van der Waals surface area contributed by atoms with Gasteiger partial charge in [-0.05, 0) is 32.0 Å². The highest BCUT2D eigenvalue weighted by atomic mass is 35.5. The number of amides is 1. The van der Waals surface area contributed by atoms with E-state index in [1.54, 1.807) is 25.3 Å². The van der Waals surface area contributed by atoms with Gasteiger partial charge in [-0.1, -0.05) is 16.8 Å². The summed E-state index contributed by atoms with van der Waals surface area (Å²) >= 11 is 7.53. The first-order valence-corrected chi connectivity index (χ1v) is 8.17. The monoisotopic (exact) mass is 340 g/mol. The number of nitrogens with zero attached hydrogens (tertiary/aromatic N) is 1. The quantitative estimate of drug-likeness (QED) is 0.865. The number of carbonyl (C=O) groups is 1. The molecule has 2 aromatic rings. The summed E-state index contributed by atoms with van der Waals surface area (Å²) < 4.78 is 10.2. The molecule has 1 N–H and O–H groups in total. The first kappa shape index (κ1) is 16.7. The first-order valence-electron chi connectivity index (χ1n) is 6.64. The van der Waals surface area contributed by atoms with Crippen molar-refractivity contribution in [2.24, 2.45) is 0 Å². The molecule has 0 aliphatic heterocycles. The zero-order valence-corrected chi connectivity index (χ0v) is 14.2. The normalized spacial score (nSPS) is 10.5. The zero-order valence-electron chi connectivity index (χ0n) is 12.6. The van der Waals surface area contributed by atoms with Crippen LogP contribution >= 0.6 is 23.4 Å². The predicted molar refractivity (Wildman–Crippen MR) is 88.8 cm³/mol. The van der Waals surface area contributed by atoms with E-state index >= 15 is 0 Å². The van der Waals surface area contributed by atoms with Crippen molar-refractivity contribution < 1.29 is 14.1 Å². The molecular formula is C15H17ClN2O3S. The zero-order chi connectivity index (χ0) is 16.1. The fraction of sp³-hybridized carbons (Fsp3) is 0.333. The minimum atomic E-state index is -0.0852. The van der Waals surface area contributed by atoms with Crippen LogP contribution in [-0.4, -0.2) is 23.9 Å². The lowest BCUT2D eigenvalue weighted by Gasteiger charge is -2.08. The van der Waals surface area contributed by atoms with E-state index in [0.29, 0.717) is 28.0 Å². The molecule has 7 heteroatoms. The number of nitrogens with one attached hydrogen (secondary N) is 1. The van der Waals surface area contributed by atoms with Gasteiger partial charge in [0.05, 0.1) is 23.6 Å². The maximum atomic E-state index is 11.9. The Balaban J connectivity index is 1.84. The van der Waals surface area contributed by atoms with Crippen LogP contribution in [0.2, 0.25) is 5.02 Å². The van der Waals surface area contributed by atoms with Gasteiger partial charge in [0.15, 0.2) is 0 Å². The van der Waals surface area contributed by atoms with Gasteiger partial charge in [0, 0.05) is 17.0 Å². The average molecular weight is 341 g/mol. The molecule has 22 heavy (non-hydrogen) atoms. The van der Waals surface area contributed by atoms with Crippen LogP contribution in [0, 0.1) is 13.8 Å². The highest BCUT2D eigenvalue weighted by molar-refractivity contribution is 7.99. The fourth-order valence-corrected chi connectivity index (χ4v) is 3.13. The number of carbonyl (C=O) groups excluding carboxylic acids is 1. The van der Waals surface area contributed by atoms with E-state index in [1.165, 1.54) is 11.8 Å². The molecule has 1 amide bonds. The summed E-state index contributed by atoms with van der Waals surface area (Å²) in [5.41, 5.74) is 2.56. The molecule has 5 nitrogen and oxygen atoms in total. The van der Waals surface area contributed by atoms with Gasteiger partial charge in [0.25, 0.3) is 0 Å². The lowest BCUT2D eigenvalue weighted by atomic mass is 10.2. The van der Waals surface area contributed by atoms with E-state index in [0.717, 1.165) is 17.0 Å². The third-order valence-corrected chi connectivity index (χ3v) is 4.35. The molecule has 0 aliphatic rings. The molecule has 0 unspecified atom stereocenters. The Morgan fingerprint density at radius 3 is 2.82 bits per heavy atom. The first-order chi connectivity index (χ1) is 10.5. The largest absolute Gasteiger partial charge is 0.495 e. The maximum Gasteiger partial charge on any atom is 0.234 e. The Bertz CT molecular complexity index is 653. The van der Waals surface area contributed by atoms with Crippen molar-refractivity contribution in [2.75, 3.05) is 18.2 Å². The molecule has 1 heterocycles. The molecule has 0 radical (unpaired) electrons. The second kappa shape index (κ2) is 7.56. The van der Waals surface area contributed by atoms with Gasteiger partial charge in [0.2, 0.25) is 5.91 Å². The van der Waals surface area contributed by atoms with Crippen molar-refractivity contribution in [1.82, 2.24) is 5.16 Å². The minimum Gasteiger partial charge on any atom is -0.495 e. The highest BCUT2D eigenvalue weighted by Gasteiger charge is 2.10. The summed E-state index contributed by atoms with van der Waals surface area (Å²) in [6.07, 6.45) is 0. The van der Waals surface area contributed by atoms with Gasteiger partial charge in [0.1, 0.15) is 11.5 Å². The summed E-state index contributed by atoms with van der Waals surface area (Å²) in [4.78, 5) is 11.9. The molecule has 1 aromatic heterocycles. The Morgan fingerprint density at radius 2 is 2.23 bits per heavy atom. The molecule has 0 spiro atoms. The molecule has 2 rings (SSSR count). The number of aromatic nitrogens is 1. The standard InChI is InChI=1S/C15H17ClN2O3S/c1-9-12(10(2)21-18-9)7-22-8-15(19)17-11-4-5-14(20-3)13(16)6-11/h4-6H,7-8H2,1-3H3,(H,17,19). The van der Waals surface area contributed by atoms with E-state index in [4.69, 9.17) is 20.9 Å². The number of methoxy groups -OCH3 is 1. The summed E-state index contributed by atoms with van der Waals surface area (Å²) in [7, 11) is 1.55. The van der Waals surface area contributed by atoms with Crippen molar-refractivity contribution >= 4 is 35.0 Å². The highest BCUT2D eigenvalue weighted by Crippen LogP contribution is 2.27. The van der Waals surface area contributed by atoms with E-state index < -0.39 is 0 Å². The van der Waals surface area contributed by atoms with Gasteiger partial charge in [-0.25, -0.2) is 0 Å². The lowest BCUT2D eigenvalue weighted by molar-refractivity contribution is -0.113. The van der Waals surface area contributed by atoms with Crippen LogP contribution in [0.5, 0.6) is 5.75 Å². The maximum absolute atomic E-state index is 11.9. The molecule has 0 fully saturated rings. The lowest BCUT2D eigenvalue weighted by Crippen LogP contribution is -2.14. The van der Waals surface area contributed by atoms with E-state index in [1.807, 2.05) is 13.8 Å². The van der Waals surface area contributed by atoms with Crippen LogP contribution in [0.25, 0.3) is 0 Å². The summed E-state index contributed by atoms with van der Waals surface area (Å²) in [5, 5.41) is 7.16. The van der Waals surface area contributed by atoms with Crippen molar-refractivity contribution in [1.29, 1.82) is 0 Å². The van der Waals surface area contributed by atoms with Crippen molar-refractivity contribution in [3.63, 3.8) is 0 Å². The van der Waals surface area contributed by atoms with E-state index in [9.17, 15) is 4.79 Å². The number of hydrogen-bond donors (Lipinski definition) is 1. The third-order valence-electron chi connectivity index (χ3n) is 3.10. The molecule has 0 aliphatic carbocycles. The number of aryl methyl sites for hydroxylation is 2. The third kappa shape index (κ3) is 4.18. The predicted octanol–water partition coefficient (Wildman–Crippen LogP) is 3.83. The molecule has 0 saturated heterocycles. The number of anilines is 1. The molecule has 0 bridgehead atoms. The van der Waals surface area contributed by atoms with Gasteiger partial charge >= 0.3 is 0 Å². The van der Waals surface area contributed by atoms with Gasteiger partial charge in [-0.15, -0.1) is 11.8 Å². The Morgan fingerprint density at radius 1 is 1.45 bits per heavy atom. The SMILES string of the molecule is COc1ccc(NC(=O)CSCc2c(C)noc2C)cc1Cl. The van der Waals surface area contributed by atoms with Gasteiger partial charge < -0.3 is 14.6 Å². The summed E-state index contributed by atoms with van der Waals surface area (Å²) in [6.45, 7) is 3.77. The number of rotatable bonds is 6. The van der Waals surface area contributed by atoms with Crippen LogP contribution in [0.15, 0.2) is 22.7 Å². The number of halogens is 1. The van der Waals surface area contributed by atoms with Crippen molar-refractivity contribution in [3.05, 3.63) is 40.2 Å². The van der Waals surface area contributed by atoms with Crippen LogP contribution in [0.3, 0.4) is 0 Å². The topological polar surface area (TPSA) is 64.4 Å². The molecule has 0 atom stereocenters. The van der Waals surface area contributed by atoms with Crippen LogP contribution in [-0.2, 0) is 10.5 Å². The number of thioether (sulfide) groups is 1. The molecule has 1 aromatic carbocycles. The van der Waals surface area contributed by atoms with Crippen molar-refractivity contribution in [3.8, 4) is 5.75 Å². The van der Waals surface area contributed by atoms with Crippen LogP contribution in [0.1, 0.15) is 17.0 Å². The fourth-order valence-electron chi connectivity index (χ4n) is 1.89.